The van der Waals surface area contributed by atoms with Crippen LogP contribution in [0.5, 0.6) is 11.6 Å². The fourth-order valence-electron chi connectivity index (χ4n) is 2.02. The van der Waals surface area contributed by atoms with E-state index in [0.717, 1.165) is 23.6 Å². The molecule has 0 fully saturated rings. The van der Waals surface area contributed by atoms with Crippen molar-refractivity contribution in [2.45, 2.75) is 19.5 Å². The number of hydrogen-bond acceptors (Lipinski definition) is 6. The Morgan fingerprint density at radius 1 is 1.15 bits per heavy atom. The maximum Gasteiger partial charge on any atom is 0.417 e. The van der Waals surface area contributed by atoms with Crippen molar-refractivity contribution in [1.29, 1.82) is 0 Å². The number of rotatable bonds is 5. The molecule has 2 aromatic heterocycles. The number of alkyl halides is 3. The Bertz CT molecular complexity index is 925. The highest BCUT2D eigenvalue weighted by molar-refractivity contribution is 7.15. The van der Waals surface area contributed by atoms with Gasteiger partial charge in [0.2, 0.25) is 11.0 Å². The first-order valence-corrected chi connectivity index (χ1v) is 8.61. The first-order valence-electron chi connectivity index (χ1n) is 7.80. The van der Waals surface area contributed by atoms with Gasteiger partial charge in [0.15, 0.2) is 0 Å². The van der Waals surface area contributed by atoms with E-state index in [4.69, 9.17) is 4.74 Å². The number of carbonyl (C=O) groups excluding carboxylic acids is 1. The van der Waals surface area contributed by atoms with Crippen LogP contribution in [0, 0.1) is 0 Å². The average Bonchev–Trinajstić information content (AvgIpc) is 3.09. The predicted molar refractivity (Wildman–Crippen MR) is 93.0 cm³/mol. The Balaban J connectivity index is 1.63. The standard InChI is InChI=1S/C17H13F3N4O2S/c1-2-14-23-24-16(27-14)22-15(25)10-3-6-12(7-4-10)26-13-8-5-11(9-21-13)17(18,19)20/h3-9H,2H2,1H3,(H,22,24,25). The molecule has 0 aliphatic carbocycles. The molecule has 1 amide bonds. The van der Waals surface area contributed by atoms with E-state index >= 15 is 0 Å². The van der Waals surface area contributed by atoms with E-state index in [9.17, 15) is 18.0 Å². The lowest BCUT2D eigenvalue weighted by Crippen LogP contribution is -2.11. The zero-order valence-corrected chi connectivity index (χ0v) is 14.8. The predicted octanol–water partition coefficient (Wildman–Crippen LogP) is 4.56. The molecule has 0 bridgehead atoms. The van der Waals surface area contributed by atoms with E-state index in [1.54, 1.807) is 0 Å². The summed E-state index contributed by atoms with van der Waals surface area (Å²) >= 11 is 1.30. The minimum atomic E-state index is -4.45. The second-order valence-corrected chi connectivity index (χ2v) is 6.38. The zero-order valence-electron chi connectivity index (χ0n) is 13.9. The van der Waals surface area contributed by atoms with Crippen LogP contribution >= 0.6 is 11.3 Å². The Kier molecular flexibility index (Phi) is 5.36. The molecule has 6 nitrogen and oxygen atoms in total. The third kappa shape index (κ3) is 4.79. The fraction of sp³-hybridized carbons (Fsp3) is 0.176. The van der Waals surface area contributed by atoms with Gasteiger partial charge in [-0.25, -0.2) is 4.98 Å². The molecule has 0 atom stereocenters. The third-order valence-corrected chi connectivity index (χ3v) is 4.38. The maximum atomic E-state index is 12.5. The van der Waals surface area contributed by atoms with Crippen LogP contribution in [0.4, 0.5) is 18.3 Å². The van der Waals surface area contributed by atoms with Crippen LogP contribution in [0.3, 0.4) is 0 Å². The SMILES string of the molecule is CCc1nnc(NC(=O)c2ccc(Oc3ccc(C(F)(F)F)cn3)cc2)s1. The van der Waals surface area contributed by atoms with Gasteiger partial charge < -0.3 is 4.74 Å². The molecule has 3 rings (SSSR count). The van der Waals surface area contributed by atoms with E-state index in [0.29, 0.717) is 22.6 Å². The molecule has 1 N–H and O–H groups in total. The number of amides is 1. The highest BCUT2D eigenvalue weighted by Crippen LogP contribution is 2.30. The number of carbonyl (C=O) groups is 1. The van der Waals surface area contributed by atoms with Crippen molar-refractivity contribution in [3.8, 4) is 11.6 Å². The number of hydrogen-bond donors (Lipinski definition) is 1. The smallest absolute Gasteiger partial charge is 0.417 e. The number of aryl methyl sites for hydroxylation is 1. The quantitative estimate of drug-likeness (QED) is 0.687. The summed E-state index contributed by atoms with van der Waals surface area (Å²) in [5, 5.41) is 11.7. The van der Waals surface area contributed by atoms with Crippen LogP contribution in [-0.2, 0) is 12.6 Å². The average molecular weight is 394 g/mol. The van der Waals surface area contributed by atoms with Crippen molar-refractivity contribution in [2.75, 3.05) is 5.32 Å². The first-order chi connectivity index (χ1) is 12.8. The van der Waals surface area contributed by atoms with E-state index in [2.05, 4.69) is 20.5 Å². The highest BCUT2D eigenvalue weighted by atomic mass is 32.1. The molecule has 3 aromatic rings. The number of aromatic nitrogens is 3. The summed E-state index contributed by atoms with van der Waals surface area (Å²) in [4.78, 5) is 15.8. The molecule has 1 aromatic carbocycles. The van der Waals surface area contributed by atoms with Crippen molar-refractivity contribution in [1.82, 2.24) is 15.2 Å². The van der Waals surface area contributed by atoms with Gasteiger partial charge in [0, 0.05) is 17.8 Å². The molecule has 0 unspecified atom stereocenters. The van der Waals surface area contributed by atoms with Crippen molar-refractivity contribution < 1.29 is 22.7 Å². The summed E-state index contributed by atoms with van der Waals surface area (Å²) in [5.74, 6) is -0.00263. The van der Waals surface area contributed by atoms with Gasteiger partial charge >= 0.3 is 6.18 Å². The summed E-state index contributed by atoms with van der Waals surface area (Å²) in [6, 6.07) is 8.10. The third-order valence-electron chi connectivity index (χ3n) is 3.39. The number of nitrogens with one attached hydrogen (secondary N) is 1. The number of ether oxygens (including phenoxy) is 1. The molecule has 140 valence electrons. The fourth-order valence-corrected chi connectivity index (χ4v) is 2.69. The largest absolute Gasteiger partial charge is 0.439 e. The van der Waals surface area contributed by atoms with Crippen LogP contribution in [0.15, 0.2) is 42.6 Å². The molecule has 10 heteroatoms. The normalized spacial score (nSPS) is 11.3. The molecule has 0 aliphatic rings. The minimum absolute atomic E-state index is 0.0150. The molecule has 0 saturated heterocycles. The van der Waals surface area contributed by atoms with E-state index in [-0.39, 0.29) is 11.8 Å². The van der Waals surface area contributed by atoms with Crippen LogP contribution < -0.4 is 10.1 Å². The Morgan fingerprint density at radius 3 is 2.44 bits per heavy atom. The number of anilines is 1. The van der Waals surface area contributed by atoms with E-state index < -0.39 is 11.7 Å². The summed E-state index contributed by atoms with van der Waals surface area (Å²) in [7, 11) is 0. The first kappa shape index (κ1) is 18.8. The number of pyridine rings is 1. The number of nitrogens with zero attached hydrogens (tertiary/aromatic N) is 3. The molecule has 0 spiro atoms. The van der Waals surface area contributed by atoms with Crippen LogP contribution in [0.25, 0.3) is 0 Å². The van der Waals surface area contributed by atoms with Gasteiger partial charge in [0.25, 0.3) is 5.91 Å². The van der Waals surface area contributed by atoms with Gasteiger partial charge in [-0.1, -0.05) is 18.3 Å². The van der Waals surface area contributed by atoms with E-state index in [1.807, 2.05) is 6.92 Å². The lowest BCUT2D eigenvalue weighted by molar-refractivity contribution is -0.137. The minimum Gasteiger partial charge on any atom is -0.439 e. The Hall–Kier alpha value is -3.01. The number of benzene rings is 1. The van der Waals surface area contributed by atoms with Crippen molar-refractivity contribution in [3.63, 3.8) is 0 Å². The lowest BCUT2D eigenvalue weighted by Gasteiger charge is -2.08. The molecule has 27 heavy (non-hydrogen) atoms. The lowest BCUT2D eigenvalue weighted by atomic mass is 10.2. The second-order valence-electron chi connectivity index (χ2n) is 5.32. The van der Waals surface area contributed by atoms with Crippen molar-refractivity contribution >= 4 is 22.4 Å². The van der Waals surface area contributed by atoms with Crippen LogP contribution in [0.1, 0.15) is 27.9 Å². The van der Waals surface area contributed by atoms with Gasteiger partial charge in [-0.15, -0.1) is 10.2 Å². The summed E-state index contributed by atoms with van der Waals surface area (Å²) in [6.07, 6.45) is -3.02. The van der Waals surface area contributed by atoms with Crippen LogP contribution in [0.2, 0.25) is 0 Å². The van der Waals surface area contributed by atoms with Gasteiger partial charge in [-0.2, -0.15) is 13.2 Å². The molecular formula is C17H13F3N4O2S. The molecule has 2 heterocycles. The molecule has 0 saturated carbocycles. The monoisotopic (exact) mass is 394 g/mol. The van der Waals surface area contributed by atoms with Gasteiger partial charge in [-0.3, -0.25) is 10.1 Å². The summed E-state index contributed by atoms with van der Waals surface area (Å²) in [5.41, 5.74) is -0.485. The van der Waals surface area contributed by atoms with Gasteiger partial charge in [0.1, 0.15) is 10.8 Å². The highest BCUT2D eigenvalue weighted by Gasteiger charge is 2.30. The molecule has 0 aliphatic heterocycles. The maximum absolute atomic E-state index is 12.5. The topological polar surface area (TPSA) is 77.0 Å². The number of halogens is 3. The summed E-state index contributed by atoms with van der Waals surface area (Å²) < 4.78 is 42.9. The second kappa shape index (κ2) is 7.70. The summed E-state index contributed by atoms with van der Waals surface area (Å²) in [6.45, 7) is 1.94. The van der Waals surface area contributed by atoms with Crippen molar-refractivity contribution in [2.24, 2.45) is 0 Å². The Morgan fingerprint density at radius 2 is 1.89 bits per heavy atom. The van der Waals surface area contributed by atoms with Gasteiger partial charge in [-0.05, 0) is 36.8 Å². The van der Waals surface area contributed by atoms with Crippen molar-refractivity contribution in [3.05, 3.63) is 58.7 Å². The van der Waals surface area contributed by atoms with Gasteiger partial charge in [0.05, 0.1) is 5.56 Å². The van der Waals surface area contributed by atoms with Crippen LogP contribution in [-0.4, -0.2) is 21.1 Å². The molecular weight excluding hydrogens is 381 g/mol. The zero-order chi connectivity index (χ0) is 19.4. The van der Waals surface area contributed by atoms with E-state index in [1.165, 1.54) is 35.6 Å². The Labute approximate surface area is 156 Å². The molecule has 0 radical (unpaired) electrons.